The second-order valence-corrected chi connectivity index (χ2v) is 8.33. The Hall–Kier alpha value is -3.03. The number of fused-ring (bicyclic) bond motifs is 1. The maximum atomic E-state index is 12.8. The van der Waals surface area contributed by atoms with Crippen LogP contribution in [-0.2, 0) is 18.2 Å². The molecule has 1 aliphatic heterocycles. The van der Waals surface area contributed by atoms with Gasteiger partial charge in [0, 0.05) is 30.8 Å². The molecule has 0 bridgehead atoms. The second kappa shape index (κ2) is 8.01. The van der Waals surface area contributed by atoms with Gasteiger partial charge in [-0.3, -0.25) is 4.79 Å². The maximum absolute atomic E-state index is 12.8. The van der Waals surface area contributed by atoms with E-state index in [0.29, 0.717) is 18.9 Å². The normalized spacial score (nSPS) is 16.2. The molecular formula is C23H22N4O2S. The van der Waals surface area contributed by atoms with Gasteiger partial charge in [-0.05, 0) is 36.1 Å². The maximum Gasteiger partial charge on any atom is 0.270 e. The summed E-state index contributed by atoms with van der Waals surface area (Å²) in [6.45, 7) is 1.26. The minimum atomic E-state index is -0.142. The molecule has 1 saturated heterocycles. The highest BCUT2D eigenvalue weighted by Crippen LogP contribution is 2.24. The van der Waals surface area contributed by atoms with Gasteiger partial charge in [0.2, 0.25) is 0 Å². The van der Waals surface area contributed by atoms with Gasteiger partial charge in [0.15, 0.2) is 0 Å². The number of ether oxygens (including phenoxy) is 1. The average Bonchev–Trinajstić information content (AvgIpc) is 3.51. The summed E-state index contributed by atoms with van der Waals surface area (Å²) < 4.78 is 7.43. The van der Waals surface area contributed by atoms with Crippen molar-refractivity contribution < 1.29 is 9.53 Å². The Balaban J connectivity index is 1.45. The van der Waals surface area contributed by atoms with Crippen LogP contribution < -0.4 is 5.32 Å². The van der Waals surface area contributed by atoms with E-state index in [2.05, 4.69) is 44.1 Å². The van der Waals surface area contributed by atoms with E-state index in [9.17, 15) is 4.79 Å². The van der Waals surface area contributed by atoms with Crippen LogP contribution in [0.1, 0.15) is 28.0 Å². The molecule has 0 saturated carbocycles. The van der Waals surface area contributed by atoms with Gasteiger partial charge in [-0.1, -0.05) is 24.3 Å². The van der Waals surface area contributed by atoms with Crippen LogP contribution in [0.2, 0.25) is 0 Å². The minimum Gasteiger partial charge on any atom is -0.379 e. The van der Waals surface area contributed by atoms with Crippen molar-refractivity contribution in [3.63, 3.8) is 0 Å². The molecule has 5 rings (SSSR count). The molecule has 1 N–H and O–H groups in total. The quantitative estimate of drug-likeness (QED) is 0.535. The zero-order valence-corrected chi connectivity index (χ0v) is 17.5. The van der Waals surface area contributed by atoms with E-state index in [4.69, 9.17) is 4.74 Å². The highest BCUT2D eigenvalue weighted by molar-refractivity contribution is 7.07. The SMILES string of the molecule is Cn1ccc2nc(C(=O)N[C@@H]3CCOC3)cc(Cc3ccc(-c4cscn4)cc3)c21. The molecule has 1 aromatic carbocycles. The summed E-state index contributed by atoms with van der Waals surface area (Å²) in [4.78, 5) is 21.8. The molecule has 0 aliphatic carbocycles. The molecule has 4 aromatic rings. The van der Waals surface area contributed by atoms with E-state index >= 15 is 0 Å². The van der Waals surface area contributed by atoms with Crippen LogP contribution in [-0.4, -0.2) is 39.7 Å². The molecule has 1 amide bonds. The van der Waals surface area contributed by atoms with Crippen molar-refractivity contribution in [2.45, 2.75) is 18.9 Å². The lowest BCUT2D eigenvalue weighted by Crippen LogP contribution is -2.35. The first kappa shape index (κ1) is 19.0. The molecule has 7 heteroatoms. The van der Waals surface area contributed by atoms with Crippen molar-refractivity contribution in [2.24, 2.45) is 7.05 Å². The van der Waals surface area contributed by atoms with Crippen molar-refractivity contribution in [3.8, 4) is 11.3 Å². The summed E-state index contributed by atoms with van der Waals surface area (Å²) >= 11 is 1.59. The van der Waals surface area contributed by atoms with Gasteiger partial charge in [-0.25, -0.2) is 9.97 Å². The largest absolute Gasteiger partial charge is 0.379 e. The average molecular weight is 419 g/mol. The number of aryl methyl sites for hydroxylation is 1. The first-order chi connectivity index (χ1) is 14.7. The van der Waals surface area contributed by atoms with Gasteiger partial charge in [0.05, 0.1) is 34.9 Å². The van der Waals surface area contributed by atoms with Crippen LogP contribution >= 0.6 is 11.3 Å². The molecule has 0 radical (unpaired) electrons. The van der Waals surface area contributed by atoms with E-state index in [1.165, 1.54) is 5.56 Å². The fourth-order valence-electron chi connectivity index (χ4n) is 3.92. The van der Waals surface area contributed by atoms with E-state index in [1.807, 2.05) is 36.3 Å². The Morgan fingerprint density at radius 2 is 2.17 bits per heavy atom. The third-order valence-electron chi connectivity index (χ3n) is 5.48. The summed E-state index contributed by atoms with van der Waals surface area (Å²) in [7, 11) is 2.01. The number of rotatable bonds is 5. The molecule has 0 unspecified atom stereocenters. The Bertz CT molecular complexity index is 1180. The van der Waals surface area contributed by atoms with Crippen LogP contribution in [0.3, 0.4) is 0 Å². The number of hydrogen-bond donors (Lipinski definition) is 1. The number of hydrogen-bond acceptors (Lipinski definition) is 5. The number of nitrogens with zero attached hydrogens (tertiary/aromatic N) is 3. The number of amides is 1. The summed E-state index contributed by atoms with van der Waals surface area (Å²) in [5.41, 5.74) is 8.56. The summed E-state index contributed by atoms with van der Waals surface area (Å²) in [5.74, 6) is -0.142. The Morgan fingerprint density at radius 3 is 2.90 bits per heavy atom. The van der Waals surface area contributed by atoms with Crippen molar-refractivity contribution in [3.05, 3.63) is 70.3 Å². The molecule has 3 aromatic heterocycles. The monoisotopic (exact) mass is 418 g/mol. The number of carbonyl (C=O) groups excluding carboxylic acids is 1. The number of aromatic nitrogens is 3. The number of thiazole rings is 1. The Morgan fingerprint density at radius 1 is 1.30 bits per heavy atom. The molecule has 1 aliphatic rings. The predicted molar refractivity (Wildman–Crippen MR) is 118 cm³/mol. The first-order valence-corrected chi connectivity index (χ1v) is 10.9. The lowest BCUT2D eigenvalue weighted by Gasteiger charge is -2.13. The highest BCUT2D eigenvalue weighted by Gasteiger charge is 2.21. The van der Waals surface area contributed by atoms with Crippen LogP contribution in [0.15, 0.2) is 53.5 Å². The third kappa shape index (κ3) is 3.74. The number of carbonyl (C=O) groups is 1. The van der Waals surface area contributed by atoms with Crippen LogP contribution in [0, 0.1) is 0 Å². The Labute approximate surface area is 178 Å². The fraction of sp³-hybridized carbons (Fsp3) is 0.261. The summed E-state index contributed by atoms with van der Waals surface area (Å²) in [5, 5.41) is 5.09. The molecule has 6 nitrogen and oxygen atoms in total. The second-order valence-electron chi connectivity index (χ2n) is 7.61. The van der Waals surface area contributed by atoms with Gasteiger partial charge < -0.3 is 14.6 Å². The molecule has 1 atom stereocenters. The van der Waals surface area contributed by atoms with Crippen molar-refractivity contribution in [2.75, 3.05) is 13.2 Å². The number of nitrogens with one attached hydrogen (secondary N) is 1. The van der Waals surface area contributed by atoms with Crippen LogP contribution in [0.25, 0.3) is 22.3 Å². The highest BCUT2D eigenvalue weighted by atomic mass is 32.1. The van der Waals surface area contributed by atoms with E-state index < -0.39 is 0 Å². The lowest BCUT2D eigenvalue weighted by atomic mass is 10.0. The van der Waals surface area contributed by atoms with Crippen molar-refractivity contribution >= 4 is 28.3 Å². The first-order valence-electron chi connectivity index (χ1n) is 9.98. The smallest absolute Gasteiger partial charge is 0.270 e. The molecule has 0 spiro atoms. The lowest BCUT2D eigenvalue weighted by molar-refractivity contribution is 0.0925. The van der Waals surface area contributed by atoms with Gasteiger partial charge >= 0.3 is 0 Å². The summed E-state index contributed by atoms with van der Waals surface area (Å²) in [6, 6.07) is 12.4. The fourth-order valence-corrected chi connectivity index (χ4v) is 4.48. The standard InChI is InChI=1S/C23H22N4O2S/c1-27-8-6-19-22(27)17(11-20(26-19)23(28)25-18-7-9-29-12-18)10-15-2-4-16(5-3-15)21-13-30-14-24-21/h2-6,8,11,13-14,18H,7,9-10,12H2,1H3,(H,25,28)/t18-/m1/s1. The molecule has 30 heavy (non-hydrogen) atoms. The van der Waals surface area contributed by atoms with Gasteiger partial charge in [-0.2, -0.15) is 0 Å². The van der Waals surface area contributed by atoms with E-state index in [1.54, 1.807) is 11.3 Å². The predicted octanol–water partition coefficient (Wildman–Crippen LogP) is 3.81. The van der Waals surface area contributed by atoms with E-state index in [0.717, 1.165) is 40.7 Å². The van der Waals surface area contributed by atoms with Crippen LogP contribution in [0.5, 0.6) is 0 Å². The van der Waals surface area contributed by atoms with Crippen molar-refractivity contribution in [1.29, 1.82) is 0 Å². The van der Waals surface area contributed by atoms with Gasteiger partial charge in [-0.15, -0.1) is 11.3 Å². The number of pyridine rings is 1. The summed E-state index contributed by atoms with van der Waals surface area (Å²) in [6.07, 6.45) is 3.55. The topological polar surface area (TPSA) is 69.0 Å². The minimum absolute atomic E-state index is 0.0625. The Kier molecular flexibility index (Phi) is 5.06. The number of benzene rings is 1. The van der Waals surface area contributed by atoms with Crippen LogP contribution in [0.4, 0.5) is 0 Å². The van der Waals surface area contributed by atoms with E-state index in [-0.39, 0.29) is 11.9 Å². The zero-order valence-electron chi connectivity index (χ0n) is 16.7. The van der Waals surface area contributed by atoms with Crippen molar-refractivity contribution in [1.82, 2.24) is 19.9 Å². The van der Waals surface area contributed by atoms with Gasteiger partial charge in [0.1, 0.15) is 5.69 Å². The van der Waals surface area contributed by atoms with Gasteiger partial charge in [0.25, 0.3) is 5.91 Å². The third-order valence-corrected chi connectivity index (χ3v) is 6.07. The molecule has 1 fully saturated rings. The molecule has 152 valence electrons. The molecular weight excluding hydrogens is 396 g/mol. The molecule has 4 heterocycles. The zero-order chi connectivity index (χ0) is 20.5.